The van der Waals surface area contributed by atoms with E-state index < -0.39 is 9.84 Å². The van der Waals surface area contributed by atoms with Gasteiger partial charge in [-0.2, -0.15) is 0 Å². The molecule has 0 atom stereocenters. The molecular weight excluding hydrogens is 234 g/mol. The van der Waals surface area contributed by atoms with Crippen molar-refractivity contribution < 1.29 is 8.42 Å². The predicted molar refractivity (Wildman–Crippen MR) is 69.5 cm³/mol. The lowest BCUT2D eigenvalue weighted by molar-refractivity contribution is 0.593. The van der Waals surface area contributed by atoms with Gasteiger partial charge < -0.3 is 5.32 Å². The summed E-state index contributed by atoms with van der Waals surface area (Å²) in [5.41, 5.74) is 1.63. The van der Waals surface area contributed by atoms with Crippen molar-refractivity contribution in [3.05, 3.63) is 34.2 Å². The first-order valence-electron chi connectivity index (χ1n) is 5.71. The van der Waals surface area contributed by atoms with Gasteiger partial charge in [0, 0.05) is 12.6 Å². The Morgan fingerprint density at radius 2 is 2.00 bits per heavy atom. The van der Waals surface area contributed by atoms with Crippen LogP contribution in [0.15, 0.2) is 28.0 Å². The van der Waals surface area contributed by atoms with Gasteiger partial charge in [0.15, 0.2) is 0 Å². The van der Waals surface area contributed by atoms with Gasteiger partial charge in [-0.1, -0.05) is 32.0 Å². The molecule has 1 aliphatic rings. The van der Waals surface area contributed by atoms with Crippen molar-refractivity contribution in [3.8, 4) is 0 Å². The van der Waals surface area contributed by atoms with Gasteiger partial charge in [0.05, 0.1) is 9.80 Å². The minimum absolute atomic E-state index is 0.274. The van der Waals surface area contributed by atoms with E-state index in [1.54, 1.807) is 6.08 Å². The summed E-state index contributed by atoms with van der Waals surface area (Å²) >= 11 is 0. The molecule has 0 amide bonds. The van der Waals surface area contributed by atoms with Crippen molar-refractivity contribution in [2.45, 2.75) is 31.7 Å². The van der Waals surface area contributed by atoms with Gasteiger partial charge in [-0.15, -0.1) is 0 Å². The van der Waals surface area contributed by atoms with Crippen LogP contribution in [-0.4, -0.2) is 21.0 Å². The number of sulfone groups is 1. The molecule has 1 aromatic rings. The van der Waals surface area contributed by atoms with Crippen LogP contribution in [0.2, 0.25) is 0 Å². The molecule has 0 saturated carbocycles. The number of benzene rings is 1. The molecule has 0 unspecified atom stereocenters. The highest BCUT2D eigenvalue weighted by Gasteiger charge is 2.30. The second-order valence-corrected chi connectivity index (χ2v) is 6.58. The highest BCUT2D eigenvalue weighted by molar-refractivity contribution is 7.96. The van der Waals surface area contributed by atoms with E-state index in [0.29, 0.717) is 16.3 Å². The highest BCUT2D eigenvalue weighted by atomic mass is 32.2. The van der Waals surface area contributed by atoms with Gasteiger partial charge in [0.25, 0.3) is 0 Å². The maximum atomic E-state index is 12.3. The van der Waals surface area contributed by atoms with Crippen LogP contribution in [0, 0.1) is 6.92 Å². The van der Waals surface area contributed by atoms with Crippen molar-refractivity contribution in [2.24, 2.45) is 0 Å². The van der Waals surface area contributed by atoms with E-state index in [1.807, 2.05) is 39.0 Å². The first-order valence-corrected chi connectivity index (χ1v) is 7.20. The highest BCUT2D eigenvalue weighted by Crippen LogP contribution is 2.34. The molecule has 0 fully saturated rings. The van der Waals surface area contributed by atoms with Gasteiger partial charge >= 0.3 is 0 Å². The number of hydrogen-bond acceptors (Lipinski definition) is 3. The topological polar surface area (TPSA) is 46.2 Å². The lowest BCUT2D eigenvalue weighted by atomic mass is 10.1. The Morgan fingerprint density at radius 3 is 2.59 bits per heavy atom. The second-order valence-electron chi connectivity index (χ2n) is 4.64. The fraction of sp³-hybridized carbons (Fsp3) is 0.385. The Balaban J connectivity index is 2.40. The molecule has 3 nitrogen and oxygen atoms in total. The lowest BCUT2D eigenvalue weighted by Crippen LogP contribution is -2.26. The minimum Gasteiger partial charge on any atom is -0.310 e. The summed E-state index contributed by atoms with van der Waals surface area (Å²) in [6.07, 6.45) is 1.77. The van der Waals surface area contributed by atoms with Crippen molar-refractivity contribution in [1.29, 1.82) is 0 Å². The van der Waals surface area contributed by atoms with E-state index in [-0.39, 0.29) is 6.04 Å². The molecule has 1 aromatic carbocycles. The zero-order valence-electron chi connectivity index (χ0n) is 10.3. The normalized spacial score (nSPS) is 17.1. The van der Waals surface area contributed by atoms with E-state index in [1.165, 1.54) is 0 Å². The van der Waals surface area contributed by atoms with Crippen LogP contribution in [-0.2, 0) is 9.84 Å². The smallest absolute Gasteiger partial charge is 0.204 e. The summed E-state index contributed by atoms with van der Waals surface area (Å²) in [5.74, 6) is 0. The van der Waals surface area contributed by atoms with Gasteiger partial charge in [-0.05, 0) is 24.1 Å². The van der Waals surface area contributed by atoms with Gasteiger partial charge in [0.1, 0.15) is 0 Å². The molecule has 0 aliphatic carbocycles. The number of hydrogen-bond donors (Lipinski definition) is 1. The van der Waals surface area contributed by atoms with Crippen molar-refractivity contribution in [1.82, 2.24) is 5.32 Å². The Labute approximate surface area is 102 Å². The average Bonchev–Trinajstić information content (AvgIpc) is 2.48. The number of nitrogens with one attached hydrogen (secondary N) is 1. The summed E-state index contributed by atoms with van der Waals surface area (Å²) in [6.45, 7) is 6.23. The standard InChI is InChI=1S/C13H17NO2S/c1-9(2)14-8-12-7-11-6-4-5-10(3)13(11)17(12,15)16/h4-7,9,14H,8H2,1-3H3. The summed E-state index contributed by atoms with van der Waals surface area (Å²) in [5, 5.41) is 3.15. The van der Waals surface area contributed by atoms with E-state index in [9.17, 15) is 8.42 Å². The lowest BCUT2D eigenvalue weighted by Gasteiger charge is -2.09. The summed E-state index contributed by atoms with van der Waals surface area (Å²) in [6, 6.07) is 5.85. The van der Waals surface area contributed by atoms with Crippen LogP contribution in [0.1, 0.15) is 25.0 Å². The molecule has 92 valence electrons. The van der Waals surface area contributed by atoms with Crippen LogP contribution in [0.3, 0.4) is 0 Å². The third kappa shape index (κ3) is 2.15. The number of rotatable bonds is 3. The van der Waals surface area contributed by atoms with Gasteiger partial charge in [-0.3, -0.25) is 0 Å². The molecule has 0 aromatic heterocycles. The van der Waals surface area contributed by atoms with E-state index >= 15 is 0 Å². The molecular formula is C13H17NO2S. The fourth-order valence-electron chi connectivity index (χ4n) is 1.99. The molecule has 0 radical (unpaired) electrons. The molecule has 1 heterocycles. The van der Waals surface area contributed by atoms with Crippen molar-refractivity contribution >= 4 is 15.9 Å². The van der Waals surface area contributed by atoms with Crippen molar-refractivity contribution in [3.63, 3.8) is 0 Å². The predicted octanol–water partition coefficient (Wildman–Crippen LogP) is 2.12. The van der Waals surface area contributed by atoms with Crippen molar-refractivity contribution in [2.75, 3.05) is 6.54 Å². The molecule has 4 heteroatoms. The Morgan fingerprint density at radius 1 is 1.29 bits per heavy atom. The maximum absolute atomic E-state index is 12.3. The summed E-state index contributed by atoms with van der Waals surface area (Å²) in [7, 11) is -3.27. The van der Waals surface area contributed by atoms with Crippen LogP contribution in [0.4, 0.5) is 0 Å². The van der Waals surface area contributed by atoms with Crippen LogP contribution < -0.4 is 5.32 Å². The van der Waals surface area contributed by atoms with Gasteiger partial charge in [0.2, 0.25) is 9.84 Å². The van der Waals surface area contributed by atoms with Crippen LogP contribution in [0.25, 0.3) is 6.08 Å². The molecule has 17 heavy (non-hydrogen) atoms. The average molecular weight is 251 g/mol. The Bertz CT molecular complexity index is 571. The van der Waals surface area contributed by atoms with E-state index in [2.05, 4.69) is 5.32 Å². The third-order valence-corrected chi connectivity index (χ3v) is 4.90. The van der Waals surface area contributed by atoms with Crippen LogP contribution in [0.5, 0.6) is 0 Å². The van der Waals surface area contributed by atoms with Crippen LogP contribution >= 0.6 is 0 Å². The number of aryl methyl sites for hydroxylation is 1. The summed E-state index contributed by atoms with van der Waals surface area (Å²) < 4.78 is 24.6. The zero-order valence-corrected chi connectivity index (χ0v) is 11.1. The van der Waals surface area contributed by atoms with E-state index in [0.717, 1.165) is 11.1 Å². The second kappa shape index (κ2) is 4.27. The third-order valence-electron chi connectivity index (χ3n) is 2.86. The molecule has 1 N–H and O–H groups in total. The number of fused-ring (bicyclic) bond motifs is 1. The largest absolute Gasteiger partial charge is 0.310 e. The fourth-order valence-corrected chi connectivity index (χ4v) is 3.74. The van der Waals surface area contributed by atoms with Gasteiger partial charge in [-0.25, -0.2) is 8.42 Å². The minimum atomic E-state index is -3.27. The maximum Gasteiger partial charge on any atom is 0.204 e. The molecule has 0 spiro atoms. The molecule has 0 saturated heterocycles. The SMILES string of the molecule is Cc1cccc2c1S(=O)(=O)C(CNC(C)C)=C2. The Kier molecular flexibility index (Phi) is 3.10. The molecule has 2 rings (SSSR count). The van der Waals surface area contributed by atoms with E-state index in [4.69, 9.17) is 0 Å². The first kappa shape index (κ1) is 12.3. The quantitative estimate of drug-likeness (QED) is 0.895. The molecule has 0 bridgehead atoms. The zero-order chi connectivity index (χ0) is 12.6. The first-order chi connectivity index (χ1) is 7.93. The monoisotopic (exact) mass is 251 g/mol. The molecule has 1 aliphatic heterocycles. The Hall–Kier alpha value is -1.13. The summed E-state index contributed by atoms with van der Waals surface area (Å²) in [4.78, 5) is 0.941.